The Hall–Kier alpha value is -2.49. The van der Waals surface area contributed by atoms with E-state index in [2.05, 4.69) is 11.2 Å². The third-order valence-corrected chi connectivity index (χ3v) is 2.89. The molecule has 0 radical (unpaired) electrons. The van der Waals surface area contributed by atoms with E-state index in [0.717, 1.165) is 22.8 Å². The van der Waals surface area contributed by atoms with Crippen molar-refractivity contribution in [1.29, 1.82) is 0 Å². The molecule has 0 spiro atoms. The molecule has 1 aromatic carbocycles. The van der Waals surface area contributed by atoms with Crippen molar-refractivity contribution in [2.24, 2.45) is 0 Å². The molecule has 4 nitrogen and oxygen atoms in total. The molecule has 96 valence electrons. The number of furan rings is 1. The summed E-state index contributed by atoms with van der Waals surface area (Å²) < 4.78 is 12.4. The molecule has 0 amide bonds. The van der Waals surface area contributed by atoms with E-state index in [1.54, 1.807) is 13.4 Å². The van der Waals surface area contributed by atoms with E-state index in [1.807, 2.05) is 47.3 Å². The van der Waals surface area contributed by atoms with Gasteiger partial charge in [-0.25, -0.2) is 0 Å². The molecule has 0 bridgehead atoms. The Balaban J connectivity index is 1.80. The zero-order valence-corrected chi connectivity index (χ0v) is 10.6. The zero-order chi connectivity index (χ0) is 13.1. The molecule has 4 heteroatoms. The maximum absolute atomic E-state index is 5.32. The molecule has 19 heavy (non-hydrogen) atoms. The zero-order valence-electron chi connectivity index (χ0n) is 10.6. The lowest BCUT2D eigenvalue weighted by Gasteiger charge is -2.04. The smallest absolute Gasteiger partial charge is 0.154 e. The van der Waals surface area contributed by atoms with Crippen LogP contribution in [-0.2, 0) is 6.54 Å². The quantitative estimate of drug-likeness (QED) is 0.717. The second-order valence-corrected chi connectivity index (χ2v) is 4.23. The van der Waals surface area contributed by atoms with Crippen LogP contribution in [0.1, 0.15) is 5.56 Å². The molecule has 3 aromatic rings. The largest absolute Gasteiger partial charge is 0.497 e. The maximum atomic E-state index is 5.32. The van der Waals surface area contributed by atoms with Crippen molar-refractivity contribution in [3.8, 4) is 17.2 Å². The van der Waals surface area contributed by atoms with Gasteiger partial charge in [0.25, 0.3) is 0 Å². The van der Waals surface area contributed by atoms with E-state index in [9.17, 15) is 0 Å². The van der Waals surface area contributed by atoms with Crippen molar-refractivity contribution in [1.82, 2.24) is 9.78 Å². The van der Waals surface area contributed by atoms with E-state index in [-0.39, 0.29) is 0 Å². The van der Waals surface area contributed by atoms with Crippen LogP contribution >= 0.6 is 0 Å². The second-order valence-electron chi connectivity index (χ2n) is 4.23. The van der Waals surface area contributed by atoms with Gasteiger partial charge in [0.15, 0.2) is 5.76 Å². The van der Waals surface area contributed by atoms with E-state index >= 15 is 0 Å². The van der Waals surface area contributed by atoms with Crippen molar-refractivity contribution >= 4 is 0 Å². The molecule has 0 aliphatic rings. The highest BCUT2D eigenvalue weighted by Crippen LogP contribution is 2.18. The van der Waals surface area contributed by atoms with Crippen molar-refractivity contribution < 1.29 is 9.15 Å². The number of ether oxygens (including phenoxy) is 1. The number of nitrogens with zero attached hydrogens (tertiary/aromatic N) is 2. The van der Waals surface area contributed by atoms with Crippen LogP contribution in [0.4, 0.5) is 0 Å². The topological polar surface area (TPSA) is 40.2 Å². The number of benzene rings is 1. The lowest BCUT2D eigenvalue weighted by molar-refractivity contribution is 0.414. The molecule has 3 rings (SSSR count). The summed E-state index contributed by atoms with van der Waals surface area (Å²) in [7, 11) is 1.67. The summed E-state index contributed by atoms with van der Waals surface area (Å²) in [6.07, 6.45) is 3.59. The average Bonchev–Trinajstić information content (AvgIpc) is 3.09. The van der Waals surface area contributed by atoms with Gasteiger partial charge in [-0.3, -0.25) is 4.68 Å². The molecule has 0 saturated carbocycles. The van der Waals surface area contributed by atoms with Crippen LogP contribution in [-0.4, -0.2) is 16.9 Å². The first-order valence-corrected chi connectivity index (χ1v) is 6.05. The van der Waals surface area contributed by atoms with Crippen LogP contribution < -0.4 is 4.74 Å². The third-order valence-electron chi connectivity index (χ3n) is 2.89. The molecule has 0 aliphatic carbocycles. The Morgan fingerprint density at radius 2 is 2.16 bits per heavy atom. The summed E-state index contributed by atoms with van der Waals surface area (Å²) in [6.45, 7) is 0.706. The van der Waals surface area contributed by atoms with E-state index in [1.165, 1.54) is 0 Å². The van der Waals surface area contributed by atoms with Gasteiger partial charge in [0.1, 0.15) is 11.4 Å². The van der Waals surface area contributed by atoms with Crippen LogP contribution in [0.5, 0.6) is 5.75 Å². The van der Waals surface area contributed by atoms with Gasteiger partial charge < -0.3 is 9.15 Å². The van der Waals surface area contributed by atoms with Crippen molar-refractivity contribution in [3.63, 3.8) is 0 Å². The Bertz CT molecular complexity index is 656. The van der Waals surface area contributed by atoms with E-state index in [0.29, 0.717) is 6.54 Å². The van der Waals surface area contributed by atoms with Crippen molar-refractivity contribution in [2.45, 2.75) is 6.54 Å². The van der Waals surface area contributed by atoms with Gasteiger partial charge in [-0.05, 0) is 35.9 Å². The number of rotatable bonds is 4. The molecular formula is C15H14N2O2. The average molecular weight is 254 g/mol. The fourth-order valence-electron chi connectivity index (χ4n) is 1.96. The lowest BCUT2D eigenvalue weighted by atomic mass is 10.2. The molecule has 0 N–H and O–H groups in total. The highest BCUT2D eigenvalue weighted by Gasteiger charge is 2.05. The van der Waals surface area contributed by atoms with Gasteiger partial charge in [-0.2, -0.15) is 5.10 Å². The van der Waals surface area contributed by atoms with E-state index < -0.39 is 0 Å². The Morgan fingerprint density at radius 1 is 1.21 bits per heavy atom. The summed E-state index contributed by atoms with van der Waals surface area (Å²) >= 11 is 0. The first-order valence-electron chi connectivity index (χ1n) is 6.05. The molecule has 0 atom stereocenters. The lowest BCUT2D eigenvalue weighted by Crippen LogP contribution is -2.00. The van der Waals surface area contributed by atoms with Gasteiger partial charge in [0, 0.05) is 6.20 Å². The van der Waals surface area contributed by atoms with Gasteiger partial charge in [0.2, 0.25) is 0 Å². The van der Waals surface area contributed by atoms with Gasteiger partial charge in [-0.15, -0.1) is 0 Å². The van der Waals surface area contributed by atoms with Gasteiger partial charge in [0.05, 0.1) is 19.9 Å². The minimum absolute atomic E-state index is 0.706. The summed E-state index contributed by atoms with van der Waals surface area (Å²) in [5, 5.41) is 4.49. The molecule has 0 saturated heterocycles. The monoisotopic (exact) mass is 254 g/mol. The predicted octanol–water partition coefficient (Wildman–Crippen LogP) is 3.20. The Morgan fingerprint density at radius 3 is 2.95 bits per heavy atom. The standard InChI is InChI=1S/C15H14N2O2/c1-18-13-5-2-4-12(10-13)11-17-8-7-14(16-17)15-6-3-9-19-15/h2-10H,11H2,1H3. The summed E-state index contributed by atoms with van der Waals surface area (Å²) in [6, 6.07) is 13.7. The van der Waals surface area contributed by atoms with Crippen LogP contribution in [0.2, 0.25) is 0 Å². The molecule has 2 aromatic heterocycles. The van der Waals surface area contributed by atoms with Crippen molar-refractivity contribution in [2.75, 3.05) is 7.11 Å². The number of hydrogen-bond acceptors (Lipinski definition) is 3. The number of hydrogen-bond donors (Lipinski definition) is 0. The van der Waals surface area contributed by atoms with Crippen LogP contribution in [0, 0.1) is 0 Å². The SMILES string of the molecule is COc1cccc(Cn2ccc(-c3ccco3)n2)c1. The van der Waals surface area contributed by atoms with Gasteiger partial charge >= 0.3 is 0 Å². The predicted molar refractivity (Wildman–Crippen MR) is 72.0 cm³/mol. The van der Waals surface area contributed by atoms with Crippen LogP contribution in [0.3, 0.4) is 0 Å². The minimum Gasteiger partial charge on any atom is -0.497 e. The van der Waals surface area contributed by atoms with E-state index in [4.69, 9.17) is 9.15 Å². The minimum atomic E-state index is 0.706. The van der Waals surface area contributed by atoms with Gasteiger partial charge in [-0.1, -0.05) is 12.1 Å². The highest BCUT2D eigenvalue weighted by atomic mass is 16.5. The molecule has 0 fully saturated rings. The van der Waals surface area contributed by atoms with Crippen LogP contribution in [0.15, 0.2) is 59.3 Å². The van der Waals surface area contributed by atoms with Crippen LogP contribution in [0.25, 0.3) is 11.5 Å². The first kappa shape index (κ1) is 11.6. The highest BCUT2D eigenvalue weighted by molar-refractivity contribution is 5.50. The van der Waals surface area contributed by atoms with Crippen molar-refractivity contribution in [3.05, 3.63) is 60.5 Å². The fourth-order valence-corrected chi connectivity index (χ4v) is 1.96. The maximum Gasteiger partial charge on any atom is 0.154 e. The molecule has 2 heterocycles. The number of aromatic nitrogens is 2. The third kappa shape index (κ3) is 2.52. The Labute approximate surface area is 111 Å². The fraction of sp³-hybridized carbons (Fsp3) is 0.133. The summed E-state index contributed by atoms with van der Waals surface area (Å²) in [5.74, 6) is 1.64. The Kier molecular flexibility index (Phi) is 3.06. The normalized spacial score (nSPS) is 10.6. The summed E-state index contributed by atoms with van der Waals surface area (Å²) in [5.41, 5.74) is 1.99. The molecule has 0 unspecified atom stereocenters. The summed E-state index contributed by atoms with van der Waals surface area (Å²) in [4.78, 5) is 0. The first-order chi connectivity index (χ1) is 9.35. The number of methoxy groups -OCH3 is 1. The molecular weight excluding hydrogens is 240 g/mol. The second kappa shape index (κ2) is 5.02. The molecule has 0 aliphatic heterocycles.